The molecule has 7 nitrogen and oxygen atoms in total. The molecule has 0 N–H and O–H groups in total. The first kappa shape index (κ1) is 23.5. The van der Waals surface area contributed by atoms with Crippen LogP contribution in [0.15, 0.2) is 36.1 Å². The van der Waals surface area contributed by atoms with Gasteiger partial charge in [0.25, 0.3) is 0 Å². The molecule has 2 aliphatic rings. The van der Waals surface area contributed by atoms with Crippen molar-refractivity contribution in [3.63, 3.8) is 0 Å². The molecule has 0 saturated carbocycles. The number of anilines is 2. The van der Waals surface area contributed by atoms with Crippen LogP contribution >= 0.6 is 11.3 Å². The molecule has 0 aliphatic carbocycles. The van der Waals surface area contributed by atoms with Crippen molar-refractivity contribution in [1.82, 2.24) is 15.0 Å². The van der Waals surface area contributed by atoms with Crippen LogP contribution in [0.1, 0.15) is 44.2 Å². The van der Waals surface area contributed by atoms with E-state index in [1.807, 2.05) is 6.20 Å². The Bertz CT molecular complexity index is 1050. The minimum absolute atomic E-state index is 0.0441. The molecule has 0 radical (unpaired) electrons. The summed E-state index contributed by atoms with van der Waals surface area (Å²) in [5.74, 6) is 2.06. The van der Waals surface area contributed by atoms with E-state index in [9.17, 15) is 0 Å². The topological polar surface area (TPSA) is 63.6 Å². The standard InChI is InChI=1S/C26H35N5O2S/c1-19(2)7-12-33-24(26-27-8-15-34-26)20-4-3-9-31(17-20)25-22-6-5-21(16-23(22)28-18-29-25)30-10-13-32-14-11-30/h5-6,8,15-16,18-20,24H,3-4,7,9-14,17H2,1-2H3. The van der Waals surface area contributed by atoms with Crippen LogP contribution in [0.5, 0.6) is 0 Å². The maximum atomic E-state index is 6.46. The number of benzene rings is 1. The predicted octanol–water partition coefficient (Wildman–Crippen LogP) is 4.94. The van der Waals surface area contributed by atoms with Gasteiger partial charge in [0.15, 0.2) is 0 Å². The maximum absolute atomic E-state index is 6.46. The van der Waals surface area contributed by atoms with Crippen LogP contribution in [0.25, 0.3) is 10.9 Å². The number of aromatic nitrogens is 3. The van der Waals surface area contributed by atoms with Crippen LogP contribution in [-0.4, -0.2) is 61.0 Å². The molecule has 2 saturated heterocycles. The lowest BCUT2D eigenvalue weighted by Gasteiger charge is -2.37. The van der Waals surface area contributed by atoms with Crippen molar-refractivity contribution in [2.75, 3.05) is 55.8 Å². The molecule has 4 heterocycles. The minimum Gasteiger partial charge on any atom is -0.378 e. The number of ether oxygens (including phenoxy) is 2. The number of nitrogens with zero attached hydrogens (tertiary/aromatic N) is 5. The number of fused-ring (bicyclic) bond motifs is 1. The number of hydrogen-bond acceptors (Lipinski definition) is 8. The van der Waals surface area contributed by atoms with E-state index in [-0.39, 0.29) is 6.10 Å². The zero-order valence-corrected chi connectivity index (χ0v) is 21.0. The summed E-state index contributed by atoms with van der Waals surface area (Å²) in [4.78, 5) is 18.8. The van der Waals surface area contributed by atoms with Gasteiger partial charge in [0, 0.05) is 61.4 Å². The fourth-order valence-electron chi connectivity index (χ4n) is 4.97. The van der Waals surface area contributed by atoms with E-state index in [2.05, 4.69) is 57.2 Å². The molecule has 2 atom stereocenters. The van der Waals surface area contributed by atoms with Crippen LogP contribution in [0.4, 0.5) is 11.5 Å². The summed E-state index contributed by atoms with van der Waals surface area (Å²) in [5, 5.41) is 4.27. The molecule has 8 heteroatoms. The normalized spacial score (nSPS) is 20.3. The molecule has 2 aromatic heterocycles. The van der Waals surface area contributed by atoms with Gasteiger partial charge >= 0.3 is 0 Å². The summed E-state index contributed by atoms with van der Waals surface area (Å²) in [7, 11) is 0. The zero-order chi connectivity index (χ0) is 23.3. The van der Waals surface area contributed by atoms with Gasteiger partial charge in [-0.2, -0.15) is 0 Å². The second kappa shape index (κ2) is 11.0. The third kappa shape index (κ3) is 5.34. The van der Waals surface area contributed by atoms with E-state index in [4.69, 9.17) is 14.5 Å². The Kier molecular flexibility index (Phi) is 7.57. The van der Waals surface area contributed by atoms with Gasteiger partial charge in [-0.1, -0.05) is 13.8 Å². The molecule has 2 aliphatic heterocycles. The van der Waals surface area contributed by atoms with E-state index in [1.54, 1.807) is 17.7 Å². The summed E-state index contributed by atoms with van der Waals surface area (Å²) < 4.78 is 12.0. The third-order valence-corrected chi connectivity index (χ3v) is 7.69. The molecular formula is C26H35N5O2S. The van der Waals surface area contributed by atoms with Gasteiger partial charge in [0.1, 0.15) is 23.3 Å². The van der Waals surface area contributed by atoms with E-state index >= 15 is 0 Å². The Morgan fingerprint density at radius 3 is 2.79 bits per heavy atom. The van der Waals surface area contributed by atoms with E-state index in [0.29, 0.717) is 11.8 Å². The largest absolute Gasteiger partial charge is 0.378 e. The Balaban J connectivity index is 1.36. The molecular weight excluding hydrogens is 446 g/mol. The lowest BCUT2D eigenvalue weighted by molar-refractivity contribution is 0.000928. The van der Waals surface area contributed by atoms with Crippen LogP contribution < -0.4 is 9.80 Å². The van der Waals surface area contributed by atoms with Crippen LogP contribution in [0.2, 0.25) is 0 Å². The first-order valence-corrected chi connectivity index (χ1v) is 13.4. The van der Waals surface area contributed by atoms with Crippen LogP contribution in [0.3, 0.4) is 0 Å². The molecule has 2 unspecified atom stereocenters. The fourth-order valence-corrected chi connectivity index (χ4v) is 5.74. The molecule has 2 fully saturated rings. The highest BCUT2D eigenvalue weighted by atomic mass is 32.1. The number of hydrogen-bond donors (Lipinski definition) is 0. The molecule has 1 aromatic carbocycles. The monoisotopic (exact) mass is 481 g/mol. The predicted molar refractivity (Wildman–Crippen MR) is 138 cm³/mol. The Morgan fingerprint density at radius 1 is 1.12 bits per heavy atom. The van der Waals surface area contributed by atoms with Crippen LogP contribution in [0, 0.1) is 11.8 Å². The quantitative estimate of drug-likeness (QED) is 0.451. The number of piperidine rings is 1. The smallest absolute Gasteiger partial charge is 0.139 e. The van der Waals surface area contributed by atoms with Crippen molar-refractivity contribution < 1.29 is 9.47 Å². The fraction of sp³-hybridized carbons (Fsp3) is 0.577. The van der Waals surface area contributed by atoms with Crippen LogP contribution in [-0.2, 0) is 9.47 Å². The number of thiazole rings is 1. The van der Waals surface area contributed by atoms with Crippen molar-refractivity contribution in [3.8, 4) is 0 Å². The molecule has 3 aromatic rings. The average Bonchev–Trinajstić information content (AvgIpc) is 3.41. The second-order valence-electron chi connectivity index (χ2n) is 9.69. The lowest BCUT2D eigenvalue weighted by atomic mass is 9.92. The Morgan fingerprint density at radius 2 is 2.00 bits per heavy atom. The van der Waals surface area contributed by atoms with Gasteiger partial charge in [0.2, 0.25) is 0 Å². The van der Waals surface area contributed by atoms with Crippen molar-refractivity contribution in [3.05, 3.63) is 41.1 Å². The summed E-state index contributed by atoms with van der Waals surface area (Å²) in [6.45, 7) is 10.6. The summed E-state index contributed by atoms with van der Waals surface area (Å²) >= 11 is 1.70. The molecule has 0 spiro atoms. The second-order valence-corrected chi connectivity index (χ2v) is 10.6. The SMILES string of the molecule is CC(C)CCOC(c1nccs1)C1CCCN(c2ncnc3cc(N4CCOCC4)ccc23)C1. The van der Waals surface area contributed by atoms with Crippen molar-refractivity contribution >= 4 is 33.7 Å². The average molecular weight is 482 g/mol. The molecule has 34 heavy (non-hydrogen) atoms. The van der Waals surface area contributed by atoms with Gasteiger partial charge in [-0.15, -0.1) is 11.3 Å². The first-order valence-electron chi connectivity index (χ1n) is 12.5. The van der Waals surface area contributed by atoms with Crippen molar-refractivity contribution in [2.24, 2.45) is 11.8 Å². The van der Waals surface area contributed by atoms with Gasteiger partial charge in [-0.25, -0.2) is 15.0 Å². The molecule has 0 amide bonds. The third-order valence-electron chi connectivity index (χ3n) is 6.85. The van der Waals surface area contributed by atoms with E-state index in [0.717, 1.165) is 87.0 Å². The van der Waals surface area contributed by atoms with Gasteiger partial charge < -0.3 is 19.3 Å². The molecule has 0 bridgehead atoms. The Labute approximate surface area is 206 Å². The van der Waals surface area contributed by atoms with E-state index < -0.39 is 0 Å². The molecule has 182 valence electrons. The molecule has 5 rings (SSSR count). The number of rotatable bonds is 8. The first-order chi connectivity index (χ1) is 16.7. The maximum Gasteiger partial charge on any atom is 0.139 e. The minimum atomic E-state index is 0.0441. The lowest BCUT2D eigenvalue weighted by Crippen LogP contribution is -2.39. The van der Waals surface area contributed by atoms with Gasteiger partial charge in [-0.05, 0) is 43.4 Å². The van der Waals surface area contributed by atoms with Crippen molar-refractivity contribution in [1.29, 1.82) is 0 Å². The Hall–Kier alpha value is -2.29. The highest BCUT2D eigenvalue weighted by Crippen LogP contribution is 2.37. The van der Waals surface area contributed by atoms with Gasteiger partial charge in [0.05, 0.1) is 18.7 Å². The highest BCUT2D eigenvalue weighted by Gasteiger charge is 2.32. The zero-order valence-electron chi connectivity index (χ0n) is 20.2. The van der Waals surface area contributed by atoms with Crippen molar-refractivity contribution in [2.45, 2.75) is 39.2 Å². The van der Waals surface area contributed by atoms with Gasteiger partial charge in [-0.3, -0.25) is 0 Å². The summed E-state index contributed by atoms with van der Waals surface area (Å²) in [5.41, 5.74) is 2.21. The van der Waals surface area contributed by atoms with E-state index in [1.165, 1.54) is 5.69 Å². The number of morpholine rings is 1. The highest BCUT2D eigenvalue weighted by molar-refractivity contribution is 7.09. The summed E-state index contributed by atoms with van der Waals surface area (Å²) in [6, 6.07) is 6.59. The summed E-state index contributed by atoms with van der Waals surface area (Å²) in [6.07, 6.45) is 6.98.